The number of carbonyl (C=O) groups excluding carboxylic acids is 1. The van der Waals surface area contributed by atoms with Gasteiger partial charge in [0.05, 0.1) is 11.5 Å². The zero-order valence-electron chi connectivity index (χ0n) is 16.9. The van der Waals surface area contributed by atoms with E-state index in [1.807, 2.05) is 34.9 Å². The minimum Gasteiger partial charge on any atom is -0.349 e. The predicted molar refractivity (Wildman–Crippen MR) is 118 cm³/mol. The average Bonchev–Trinajstić information content (AvgIpc) is 3.47. The van der Waals surface area contributed by atoms with E-state index in [9.17, 15) is 14.9 Å². The molecule has 1 amide bonds. The van der Waals surface area contributed by atoms with Gasteiger partial charge in [-0.25, -0.2) is 0 Å². The van der Waals surface area contributed by atoms with Gasteiger partial charge in [0.25, 0.3) is 5.69 Å². The van der Waals surface area contributed by atoms with Crippen LogP contribution in [0.25, 0.3) is 5.69 Å². The van der Waals surface area contributed by atoms with Crippen molar-refractivity contribution in [2.45, 2.75) is 43.1 Å². The molecule has 3 aromatic rings. The van der Waals surface area contributed by atoms with Gasteiger partial charge in [-0.15, -0.1) is 10.2 Å². The largest absolute Gasteiger partial charge is 0.349 e. The first-order valence-corrected chi connectivity index (χ1v) is 11.2. The van der Waals surface area contributed by atoms with Crippen LogP contribution in [0.4, 0.5) is 5.69 Å². The van der Waals surface area contributed by atoms with Crippen LogP contribution in [-0.4, -0.2) is 25.6 Å². The summed E-state index contributed by atoms with van der Waals surface area (Å²) in [4.78, 5) is 23.0. The van der Waals surface area contributed by atoms with Crippen LogP contribution in [0.3, 0.4) is 0 Å². The molecule has 9 heteroatoms. The van der Waals surface area contributed by atoms with Gasteiger partial charge in [-0.3, -0.25) is 19.5 Å². The minimum atomic E-state index is -0.427. The monoisotopic (exact) mass is 437 g/mol. The fourth-order valence-electron chi connectivity index (χ4n) is 3.71. The lowest BCUT2D eigenvalue weighted by Crippen LogP contribution is -2.29. The second kappa shape index (κ2) is 9.74. The van der Waals surface area contributed by atoms with Crippen molar-refractivity contribution in [3.63, 3.8) is 0 Å². The average molecular weight is 438 g/mol. The first-order valence-electron chi connectivity index (χ1n) is 10.3. The van der Waals surface area contributed by atoms with E-state index in [4.69, 9.17) is 0 Å². The number of hydrogen-bond acceptors (Lipinski definition) is 6. The van der Waals surface area contributed by atoms with Crippen molar-refractivity contribution < 1.29 is 9.72 Å². The van der Waals surface area contributed by atoms with Crippen molar-refractivity contribution in [1.29, 1.82) is 0 Å². The van der Waals surface area contributed by atoms with Crippen molar-refractivity contribution in [3.05, 3.63) is 76.1 Å². The molecule has 0 radical (unpaired) electrons. The van der Waals surface area contributed by atoms with Gasteiger partial charge in [0, 0.05) is 29.5 Å². The lowest BCUT2D eigenvalue weighted by molar-refractivity contribution is -0.384. The molecule has 1 aliphatic carbocycles. The molecule has 2 aromatic carbocycles. The highest BCUT2D eigenvalue weighted by molar-refractivity contribution is 7.98. The molecule has 8 nitrogen and oxygen atoms in total. The third kappa shape index (κ3) is 5.11. The standard InChI is InChI=1S/C22H23N5O3S/c28-21(17-8-4-5-9-17)23-14-20-24-25-22(31-15-16-6-2-1-3-7-16)26(20)18-10-12-19(13-11-18)27(29)30/h1-3,6-7,10-13,17H,4-5,8-9,14-15H2,(H,23,28). The Kier molecular flexibility index (Phi) is 6.61. The number of nitrogens with zero attached hydrogens (tertiary/aromatic N) is 4. The third-order valence-electron chi connectivity index (χ3n) is 5.38. The van der Waals surface area contributed by atoms with Crippen molar-refractivity contribution in [3.8, 4) is 5.69 Å². The minimum absolute atomic E-state index is 0.0198. The van der Waals surface area contributed by atoms with Crippen molar-refractivity contribution in [2.75, 3.05) is 0 Å². The van der Waals surface area contributed by atoms with E-state index in [1.54, 1.807) is 12.1 Å². The first kappa shape index (κ1) is 21.0. The van der Waals surface area contributed by atoms with E-state index in [0.29, 0.717) is 16.7 Å². The Bertz CT molecular complexity index is 1050. The fourth-order valence-corrected chi connectivity index (χ4v) is 4.64. The summed E-state index contributed by atoms with van der Waals surface area (Å²) < 4.78 is 1.85. The number of nitro groups is 1. The van der Waals surface area contributed by atoms with Crippen LogP contribution in [0.5, 0.6) is 0 Å². The maximum absolute atomic E-state index is 12.5. The Balaban J connectivity index is 1.56. The maximum Gasteiger partial charge on any atom is 0.269 e. The number of rotatable bonds is 8. The Morgan fingerprint density at radius 1 is 1.10 bits per heavy atom. The molecular weight excluding hydrogens is 414 g/mol. The molecule has 0 bridgehead atoms. The van der Waals surface area contributed by atoms with Gasteiger partial charge < -0.3 is 5.32 Å². The molecule has 1 aromatic heterocycles. The molecule has 1 aliphatic rings. The van der Waals surface area contributed by atoms with E-state index >= 15 is 0 Å². The summed E-state index contributed by atoms with van der Waals surface area (Å²) in [5, 5.41) is 23.3. The topological polar surface area (TPSA) is 103 Å². The highest BCUT2D eigenvalue weighted by Gasteiger charge is 2.23. The second-order valence-corrected chi connectivity index (χ2v) is 8.42. The molecule has 0 spiro atoms. The number of nitro benzene ring substituents is 1. The Labute approximate surface area is 184 Å². The highest BCUT2D eigenvalue weighted by atomic mass is 32.2. The van der Waals surface area contributed by atoms with Gasteiger partial charge in [-0.2, -0.15) is 0 Å². The van der Waals surface area contributed by atoms with Gasteiger partial charge in [0.15, 0.2) is 11.0 Å². The fraction of sp³-hybridized carbons (Fsp3) is 0.318. The van der Waals surface area contributed by atoms with Gasteiger partial charge in [0.1, 0.15) is 0 Å². The van der Waals surface area contributed by atoms with Crippen LogP contribution in [0.2, 0.25) is 0 Å². The van der Waals surface area contributed by atoms with Gasteiger partial charge in [-0.1, -0.05) is 54.9 Å². The van der Waals surface area contributed by atoms with Crippen LogP contribution in [0, 0.1) is 16.0 Å². The van der Waals surface area contributed by atoms with Crippen molar-refractivity contribution in [1.82, 2.24) is 20.1 Å². The van der Waals surface area contributed by atoms with Crippen LogP contribution in [0.15, 0.2) is 59.8 Å². The number of aromatic nitrogens is 3. The Hall–Kier alpha value is -3.20. The number of benzene rings is 2. The molecule has 1 N–H and O–H groups in total. The van der Waals surface area contributed by atoms with Crippen molar-refractivity contribution >= 4 is 23.4 Å². The van der Waals surface area contributed by atoms with Crippen LogP contribution < -0.4 is 5.32 Å². The number of nitrogens with one attached hydrogen (secondary N) is 1. The summed E-state index contributed by atoms with van der Waals surface area (Å²) in [5.41, 5.74) is 1.89. The second-order valence-electron chi connectivity index (χ2n) is 7.48. The predicted octanol–water partition coefficient (Wildman–Crippen LogP) is 4.27. The third-order valence-corrected chi connectivity index (χ3v) is 6.38. The lowest BCUT2D eigenvalue weighted by atomic mass is 10.1. The number of non-ortho nitro benzene ring substituents is 1. The van der Waals surface area contributed by atoms with Gasteiger partial charge >= 0.3 is 0 Å². The van der Waals surface area contributed by atoms with Crippen LogP contribution in [-0.2, 0) is 17.1 Å². The zero-order chi connectivity index (χ0) is 21.6. The maximum atomic E-state index is 12.5. The molecule has 0 unspecified atom stereocenters. The van der Waals surface area contributed by atoms with Crippen molar-refractivity contribution in [2.24, 2.45) is 5.92 Å². The first-order chi connectivity index (χ1) is 15.1. The molecule has 0 atom stereocenters. The summed E-state index contributed by atoms with van der Waals surface area (Å²) in [6.07, 6.45) is 4.05. The molecule has 4 rings (SSSR count). The summed E-state index contributed by atoms with van der Waals surface area (Å²) >= 11 is 1.53. The lowest BCUT2D eigenvalue weighted by Gasteiger charge is -2.13. The Morgan fingerprint density at radius 2 is 1.81 bits per heavy atom. The SMILES string of the molecule is O=C(NCc1nnc(SCc2ccccc2)n1-c1ccc([N+](=O)[O-])cc1)C1CCCC1. The van der Waals surface area contributed by atoms with E-state index in [2.05, 4.69) is 15.5 Å². The molecule has 1 saturated carbocycles. The molecule has 1 heterocycles. The van der Waals surface area contributed by atoms with E-state index in [0.717, 1.165) is 36.9 Å². The molecule has 0 aliphatic heterocycles. The van der Waals surface area contributed by atoms with E-state index in [1.165, 1.54) is 23.9 Å². The quantitative estimate of drug-likeness (QED) is 0.321. The van der Waals surface area contributed by atoms with E-state index < -0.39 is 4.92 Å². The Morgan fingerprint density at radius 3 is 2.48 bits per heavy atom. The number of amides is 1. The van der Waals surface area contributed by atoms with Gasteiger partial charge in [0.2, 0.25) is 5.91 Å². The summed E-state index contributed by atoms with van der Waals surface area (Å²) in [6.45, 7) is 0.255. The summed E-state index contributed by atoms with van der Waals surface area (Å²) in [5.74, 6) is 1.42. The normalized spacial score (nSPS) is 13.9. The van der Waals surface area contributed by atoms with Crippen LogP contribution in [0.1, 0.15) is 37.1 Å². The summed E-state index contributed by atoms with van der Waals surface area (Å²) in [6, 6.07) is 16.3. The highest BCUT2D eigenvalue weighted by Crippen LogP contribution is 2.27. The van der Waals surface area contributed by atoms with E-state index in [-0.39, 0.29) is 24.1 Å². The molecule has 0 saturated heterocycles. The molecule has 31 heavy (non-hydrogen) atoms. The number of carbonyl (C=O) groups is 1. The molecule has 1 fully saturated rings. The number of thioether (sulfide) groups is 1. The van der Waals surface area contributed by atoms with Gasteiger partial charge in [-0.05, 0) is 30.5 Å². The molecular formula is C22H23N5O3S. The van der Waals surface area contributed by atoms with Crippen LogP contribution >= 0.6 is 11.8 Å². The summed E-state index contributed by atoms with van der Waals surface area (Å²) in [7, 11) is 0. The zero-order valence-corrected chi connectivity index (χ0v) is 17.8. The molecule has 160 valence electrons. The smallest absolute Gasteiger partial charge is 0.269 e. The number of hydrogen-bond donors (Lipinski definition) is 1.